The third-order valence-electron chi connectivity index (χ3n) is 2.53. The lowest BCUT2D eigenvalue weighted by molar-refractivity contribution is -1.19. The van der Waals surface area contributed by atoms with Crippen molar-refractivity contribution >= 4 is 5.91 Å². The van der Waals surface area contributed by atoms with E-state index in [2.05, 4.69) is 0 Å². The van der Waals surface area contributed by atoms with Gasteiger partial charge in [0.15, 0.2) is 0 Å². The van der Waals surface area contributed by atoms with Gasteiger partial charge in [0.25, 0.3) is 0 Å². The van der Waals surface area contributed by atoms with E-state index in [-0.39, 0.29) is 12.5 Å². The van der Waals surface area contributed by atoms with Gasteiger partial charge in [-0.05, 0) is 6.92 Å². The molecule has 0 unspecified atom stereocenters. The van der Waals surface area contributed by atoms with Crippen molar-refractivity contribution in [1.82, 2.24) is 4.57 Å². The molecule has 0 radical (unpaired) electrons. The predicted molar refractivity (Wildman–Crippen MR) is 55.4 cm³/mol. The van der Waals surface area contributed by atoms with Crippen molar-refractivity contribution in [2.75, 3.05) is 20.8 Å². The highest BCUT2D eigenvalue weighted by Crippen LogP contribution is 2.09. The van der Waals surface area contributed by atoms with Gasteiger partial charge in [-0.15, -0.1) is 0 Å². The van der Waals surface area contributed by atoms with Crippen molar-refractivity contribution in [2.24, 2.45) is 7.05 Å². The number of aromatic nitrogens is 2. The summed E-state index contributed by atoms with van der Waals surface area (Å²) in [5, 5.41) is 0. The second-order valence-corrected chi connectivity index (χ2v) is 3.50. The molecule has 6 nitrogen and oxygen atoms in total. The van der Waals surface area contributed by atoms with E-state index >= 15 is 0 Å². The zero-order valence-electron chi connectivity index (χ0n) is 10.2. The van der Waals surface area contributed by atoms with Gasteiger partial charge in [-0.3, -0.25) is 0 Å². The van der Waals surface area contributed by atoms with Crippen molar-refractivity contribution in [3.05, 3.63) is 18.7 Å². The van der Waals surface area contributed by atoms with Gasteiger partial charge >= 0.3 is 5.91 Å². The van der Waals surface area contributed by atoms with Crippen LogP contribution in [0.25, 0.3) is 0 Å². The highest BCUT2D eigenvalue weighted by molar-refractivity contribution is 5.67. The number of imidazole rings is 1. The van der Waals surface area contributed by atoms with Gasteiger partial charge in [-0.2, -0.15) is 9.68 Å². The molecular formula is C10H19N3O3+2. The number of quaternary nitrogens is 1. The Bertz CT molecular complexity index is 350. The molecule has 1 heterocycles. The van der Waals surface area contributed by atoms with E-state index in [0.717, 1.165) is 0 Å². The minimum Gasteiger partial charge on any atom is -0.240 e. The summed E-state index contributed by atoms with van der Waals surface area (Å²) < 4.78 is 3.65. The fraction of sp³-hybridized carbons (Fsp3) is 0.600. The number of hydrogen-bond donors (Lipinski definition) is 0. The molecule has 0 aliphatic carbocycles. The lowest BCUT2D eigenvalue weighted by Crippen LogP contribution is -2.52. The maximum Gasteiger partial charge on any atom is 0.420 e. The first-order valence-corrected chi connectivity index (χ1v) is 5.12. The van der Waals surface area contributed by atoms with Crippen molar-refractivity contribution in [1.29, 1.82) is 0 Å². The van der Waals surface area contributed by atoms with Gasteiger partial charge < -0.3 is 0 Å². The fourth-order valence-corrected chi connectivity index (χ4v) is 1.57. The fourth-order valence-electron chi connectivity index (χ4n) is 1.57. The molecule has 0 aliphatic heterocycles. The van der Waals surface area contributed by atoms with E-state index in [1.165, 1.54) is 14.2 Å². The molecule has 1 amide bonds. The summed E-state index contributed by atoms with van der Waals surface area (Å²) >= 11 is 0. The number of carbonyl (C=O) groups excluding carboxylic acids is 1. The van der Waals surface area contributed by atoms with Crippen LogP contribution in [0.15, 0.2) is 18.7 Å². The summed E-state index contributed by atoms with van der Waals surface area (Å²) in [5.41, 5.74) is 0. The number of amides is 1. The smallest absolute Gasteiger partial charge is 0.240 e. The van der Waals surface area contributed by atoms with Crippen LogP contribution in [0.5, 0.6) is 0 Å². The molecule has 0 spiro atoms. The van der Waals surface area contributed by atoms with Crippen LogP contribution < -0.4 is 4.57 Å². The van der Waals surface area contributed by atoms with Crippen LogP contribution in [-0.2, 0) is 28.1 Å². The first kappa shape index (κ1) is 12.8. The topological polar surface area (TPSA) is 44.3 Å². The van der Waals surface area contributed by atoms with Crippen LogP contribution >= 0.6 is 0 Å². The number of hydrogen-bond acceptors (Lipinski definition) is 3. The van der Waals surface area contributed by atoms with Gasteiger partial charge in [0, 0.05) is 4.81 Å². The molecule has 0 aromatic carbocycles. The monoisotopic (exact) mass is 229 g/mol. The lowest BCUT2D eigenvalue weighted by atomic mass is 10.5. The Balaban J connectivity index is 2.77. The summed E-state index contributed by atoms with van der Waals surface area (Å²) in [6.45, 7) is 2.48. The first-order chi connectivity index (χ1) is 7.57. The molecule has 0 fully saturated rings. The van der Waals surface area contributed by atoms with Crippen LogP contribution in [0.3, 0.4) is 0 Å². The average molecular weight is 229 g/mol. The second kappa shape index (κ2) is 5.20. The van der Waals surface area contributed by atoms with Crippen LogP contribution in [0.4, 0.5) is 0 Å². The van der Waals surface area contributed by atoms with E-state index in [4.69, 9.17) is 9.68 Å². The third kappa shape index (κ3) is 2.46. The van der Waals surface area contributed by atoms with Gasteiger partial charge in [0.1, 0.15) is 33.2 Å². The van der Waals surface area contributed by atoms with Gasteiger partial charge in [0.05, 0.1) is 7.05 Å². The van der Waals surface area contributed by atoms with Crippen LogP contribution in [0, 0.1) is 0 Å². The summed E-state index contributed by atoms with van der Waals surface area (Å²) in [7, 11) is 4.82. The lowest BCUT2D eigenvalue weighted by Gasteiger charge is -2.24. The van der Waals surface area contributed by atoms with Crippen molar-refractivity contribution < 1.29 is 23.8 Å². The molecule has 0 bridgehead atoms. The maximum absolute atomic E-state index is 12.0. The molecule has 0 saturated heterocycles. The molecule has 0 saturated carbocycles. The van der Waals surface area contributed by atoms with Crippen LogP contribution in [0.1, 0.15) is 6.92 Å². The van der Waals surface area contributed by atoms with Gasteiger partial charge in [-0.1, -0.05) is 0 Å². The van der Waals surface area contributed by atoms with Crippen molar-refractivity contribution in [2.45, 2.75) is 13.5 Å². The molecule has 1 aromatic heterocycles. The average Bonchev–Trinajstić information content (AvgIpc) is 2.67. The Morgan fingerprint density at radius 2 is 2.06 bits per heavy atom. The molecule has 90 valence electrons. The SMILES string of the molecule is CC[N+](OC)(OC)C(=O)Cn1cc[n+](C)c1. The number of aryl methyl sites for hydroxylation is 1. The quantitative estimate of drug-likeness (QED) is 0.399. The second-order valence-electron chi connectivity index (χ2n) is 3.50. The largest absolute Gasteiger partial charge is 0.420 e. The number of rotatable bonds is 5. The summed E-state index contributed by atoms with van der Waals surface area (Å²) in [6.07, 6.45) is 5.52. The molecular weight excluding hydrogens is 210 g/mol. The molecule has 0 aliphatic rings. The Hall–Kier alpha value is -1.24. The molecule has 0 atom stereocenters. The Kier molecular flexibility index (Phi) is 4.17. The number of hydroxylamine groups is 4. The summed E-state index contributed by atoms with van der Waals surface area (Å²) in [4.78, 5) is 21.8. The first-order valence-electron chi connectivity index (χ1n) is 5.12. The molecule has 6 heteroatoms. The van der Waals surface area contributed by atoms with Crippen molar-refractivity contribution in [3.8, 4) is 0 Å². The zero-order valence-corrected chi connectivity index (χ0v) is 10.2. The van der Waals surface area contributed by atoms with Gasteiger partial charge in [-0.25, -0.2) is 13.9 Å². The van der Waals surface area contributed by atoms with E-state index in [1.54, 1.807) is 4.57 Å². The third-order valence-corrected chi connectivity index (χ3v) is 2.53. The van der Waals surface area contributed by atoms with Crippen molar-refractivity contribution in [3.63, 3.8) is 0 Å². The maximum atomic E-state index is 12.0. The molecule has 16 heavy (non-hydrogen) atoms. The highest BCUT2D eigenvalue weighted by atomic mass is 17.0. The molecule has 1 rings (SSSR count). The molecule has 1 aromatic rings. The summed E-state index contributed by atoms with van der Waals surface area (Å²) in [6, 6.07) is 0. The minimum atomic E-state index is -0.429. The summed E-state index contributed by atoms with van der Waals surface area (Å²) in [5.74, 6) is -0.149. The standard InChI is InChI=1S/C10H19N3O3/c1-5-13(15-3,16-4)10(14)8-12-7-6-11(2)9-12/h6-7,9H,5,8H2,1-4H3/q+2. The molecule has 0 N–H and O–H groups in total. The number of carbonyl (C=O) groups is 1. The highest BCUT2D eigenvalue weighted by Gasteiger charge is 2.39. The Morgan fingerprint density at radius 1 is 1.44 bits per heavy atom. The van der Waals surface area contributed by atoms with E-state index in [1.807, 2.05) is 37.3 Å². The van der Waals surface area contributed by atoms with E-state index in [0.29, 0.717) is 6.54 Å². The van der Waals surface area contributed by atoms with Gasteiger partial charge in [0.2, 0.25) is 12.9 Å². The van der Waals surface area contributed by atoms with E-state index < -0.39 is 4.81 Å². The van der Waals surface area contributed by atoms with E-state index in [9.17, 15) is 4.79 Å². The zero-order chi connectivity index (χ0) is 12.2. The minimum absolute atomic E-state index is 0.149. The van der Waals surface area contributed by atoms with Crippen LogP contribution in [-0.4, -0.2) is 36.0 Å². The number of likely N-dealkylation sites (N-methyl/N-ethyl adjacent to an activating group) is 1. The van der Waals surface area contributed by atoms with Crippen LogP contribution in [0.2, 0.25) is 0 Å². The Morgan fingerprint density at radius 3 is 2.44 bits per heavy atom. The normalized spacial score (nSPS) is 11.8. The predicted octanol–water partition coefficient (Wildman–Crippen LogP) is -0.201. The Labute approximate surface area is 95.1 Å². The number of nitrogens with zero attached hydrogens (tertiary/aromatic N) is 3.